The van der Waals surface area contributed by atoms with Crippen molar-refractivity contribution in [3.05, 3.63) is 123 Å². The predicted molar refractivity (Wildman–Crippen MR) is 130 cm³/mol. The third-order valence-electron chi connectivity index (χ3n) is 5.61. The molecule has 0 radical (unpaired) electrons. The van der Waals surface area contributed by atoms with Crippen LogP contribution >= 0.6 is 22.6 Å². The molecule has 0 N–H and O–H groups in total. The lowest BCUT2D eigenvalue weighted by atomic mass is 9.79. The van der Waals surface area contributed by atoms with E-state index >= 15 is 0 Å². The van der Waals surface area contributed by atoms with Crippen LogP contribution in [-0.2, 0) is 10.3 Å². The van der Waals surface area contributed by atoms with Crippen LogP contribution in [0.15, 0.2) is 107 Å². The van der Waals surface area contributed by atoms with E-state index in [0.717, 1.165) is 35.0 Å². The highest BCUT2D eigenvalue weighted by atomic mass is 127. The van der Waals surface area contributed by atoms with Crippen LogP contribution in [0.25, 0.3) is 5.57 Å². The van der Waals surface area contributed by atoms with Gasteiger partial charge in [0.25, 0.3) is 0 Å². The zero-order chi connectivity index (χ0) is 20.1. The summed E-state index contributed by atoms with van der Waals surface area (Å²) in [5.41, 5.74) is 5.38. The summed E-state index contributed by atoms with van der Waals surface area (Å²) in [5, 5.41) is 0. The smallest absolute Gasteiger partial charge is 0.119 e. The Morgan fingerprint density at radius 2 is 1.28 bits per heavy atom. The van der Waals surface area contributed by atoms with E-state index in [-0.39, 0.29) is 0 Å². The summed E-state index contributed by atoms with van der Waals surface area (Å²) in [7, 11) is 0. The lowest BCUT2D eigenvalue weighted by Gasteiger charge is -2.40. The van der Waals surface area contributed by atoms with E-state index < -0.39 is 5.60 Å². The van der Waals surface area contributed by atoms with Crippen molar-refractivity contribution in [1.29, 1.82) is 0 Å². The first-order valence-electron chi connectivity index (χ1n) is 10.1. The molecule has 1 atom stereocenters. The van der Waals surface area contributed by atoms with Gasteiger partial charge >= 0.3 is 0 Å². The number of benzene rings is 3. The highest BCUT2D eigenvalue weighted by molar-refractivity contribution is 14.1. The van der Waals surface area contributed by atoms with Crippen molar-refractivity contribution >= 4 is 28.2 Å². The van der Waals surface area contributed by atoms with Gasteiger partial charge in [-0.1, -0.05) is 97.6 Å². The zero-order valence-electron chi connectivity index (χ0n) is 16.5. The molecule has 29 heavy (non-hydrogen) atoms. The second kappa shape index (κ2) is 9.10. The molecule has 1 unspecified atom stereocenters. The van der Waals surface area contributed by atoms with Crippen LogP contribution in [-0.4, -0.2) is 6.61 Å². The third kappa shape index (κ3) is 4.10. The molecule has 0 saturated carbocycles. The lowest BCUT2D eigenvalue weighted by Crippen LogP contribution is -2.35. The van der Waals surface area contributed by atoms with Gasteiger partial charge in [0.05, 0.1) is 0 Å². The SMILES string of the molecule is C=C(C(I)=C(c1ccccc1)c1ccccc1)C1(c2ccccc2)CCCCO1. The maximum atomic E-state index is 6.52. The van der Waals surface area contributed by atoms with E-state index in [9.17, 15) is 0 Å². The minimum absolute atomic E-state index is 0.467. The largest absolute Gasteiger partial charge is 0.366 e. The summed E-state index contributed by atoms with van der Waals surface area (Å²) < 4.78 is 7.68. The fraction of sp³-hybridized carbons (Fsp3) is 0.185. The number of rotatable bonds is 5. The second-order valence-corrected chi connectivity index (χ2v) is 8.48. The average molecular weight is 492 g/mol. The predicted octanol–water partition coefficient (Wildman–Crippen LogP) is 7.53. The maximum absolute atomic E-state index is 6.52. The molecule has 1 nitrogen and oxygen atoms in total. The molecule has 0 aromatic heterocycles. The number of hydrogen-bond acceptors (Lipinski definition) is 1. The average Bonchev–Trinajstić information content (AvgIpc) is 2.81. The summed E-state index contributed by atoms with van der Waals surface area (Å²) in [5.74, 6) is 0. The van der Waals surface area contributed by atoms with Crippen LogP contribution in [0.4, 0.5) is 0 Å². The Morgan fingerprint density at radius 1 is 0.759 bits per heavy atom. The summed E-state index contributed by atoms with van der Waals surface area (Å²) >= 11 is 2.48. The molecule has 4 rings (SSSR count). The Balaban J connectivity index is 1.88. The molecule has 1 aliphatic rings. The summed E-state index contributed by atoms with van der Waals surface area (Å²) in [4.78, 5) is 0. The molecule has 0 bridgehead atoms. The van der Waals surface area contributed by atoms with Crippen molar-refractivity contribution in [1.82, 2.24) is 0 Å². The first kappa shape index (κ1) is 20.1. The third-order valence-corrected chi connectivity index (χ3v) is 6.80. The molecular weight excluding hydrogens is 467 g/mol. The van der Waals surface area contributed by atoms with Crippen molar-refractivity contribution in [2.75, 3.05) is 6.61 Å². The minimum atomic E-state index is -0.467. The Labute approximate surface area is 187 Å². The van der Waals surface area contributed by atoms with Gasteiger partial charge in [-0.05, 0) is 64.1 Å². The van der Waals surface area contributed by atoms with Gasteiger partial charge in [-0.15, -0.1) is 0 Å². The summed E-state index contributed by atoms with van der Waals surface area (Å²) in [6.07, 6.45) is 3.20. The van der Waals surface area contributed by atoms with E-state index in [1.54, 1.807) is 0 Å². The molecule has 2 heteroatoms. The topological polar surface area (TPSA) is 9.23 Å². The molecule has 0 amide bonds. The van der Waals surface area contributed by atoms with Crippen molar-refractivity contribution in [2.45, 2.75) is 24.9 Å². The van der Waals surface area contributed by atoms with E-state index in [1.807, 2.05) is 0 Å². The fourth-order valence-electron chi connectivity index (χ4n) is 4.10. The normalized spacial score (nSPS) is 18.8. The molecule has 3 aromatic rings. The van der Waals surface area contributed by atoms with Gasteiger partial charge in [0.2, 0.25) is 0 Å². The summed E-state index contributed by atoms with van der Waals surface area (Å²) in [6.45, 7) is 5.38. The van der Waals surface area contributed by atoms with Crippen LogP contribution in [0.5, 0.6) is 0 Å². The van der Waals surface area contributed by atoms with Crippen LogP contribution < -0.4 is 0 Å². The highest BCUT2D eigenvalue weighted by Gasteiger charge is 2.39. The Kier molecular flexibility index (Phi) is 6.31. The van der Waals surface area contributed by atoms with Gasteiger partial charge in [0.1, 0.15) is 5.60 Å². The van der Waals surface area contributed by atoms with E-state index in [1.165, 1.54) is 22.3 Å². The monoisotopic (exact) mass is 492 g/mol. The van der Waals surface area contributed by atoms with Crippen molar-refractivity contribution in [2.24, 2.45) is 0 Å². The second-order valence-electron chi connectivity index (χ2n) is 7.40. The molecule has 1 aliphatic heterocycles. The van der Waals surface area contributed by atoms with E-state index in [4.69, 9.17) is 4.74 Å². The van der Waals surface area contributed by atoms with Gasteiger partial charge in [-0.2, -0.15) is 0 Å². The van der Waals surface area contributed by atoms with Gasteiger partial charge in [0.15, 0.2) is 0 Å². The molecule has 3 aromatic carbocycles. The molecule has 1 saturated heterocycles. The molecule has 146 valence electrons. The number of ether oxygens (including phenoxy) is 1. The Bertz CT molecular complexity index is 943. The van der Waals surface area contributed by atoms with E-state index in [2.05, 4.69) is 120 Å². The van der Waals surface area contributed by atoms with Gasteiger partial charge in [-0.25, -0.2) is 0 Å². The van der Waals surface area contributed by atoms with Crippen molar-refractivity contribution in [3.63, 3.8) is 0 Å². The number of hydrogen-bond donors (Lipinski definition) is 0. The molecule has 0 aliphatic carbocycles. The van der Waals surface area contributed by atoms with Gasteiger partial charge in [-0.3, -0.25) is 0 Å². The number of halogens is 1. The molecule has 1 heterocycles. The lowest BCUT2D eigenvalue weighted by molar-refractivity contribution is -0.0536. The molecule has 1 fully saturated rings. The van der Waals surface area contributed by atoms with Crippen LogP contribution in [0.1, 0.15) is 36.0 Å². The summed E-state index contributed by atoms with van der Waals surface area (Å²) in [6, 6.07) is 31.8. The fourth-order valence-corrected chi connectivity index (χ4v) is 5.16. The highest BCUT2D eigenvalue weighted by Crippen LogP contribution is 2.47. The maximum Gasteiger partial charge on any atom is 0.119 e. The molecule has 0 spiro atoms. The van der Waals surface area contributed by atoms with Crippen LogP contribution in [0.3, 0.4) is 0 Å². The Morgan fingerprint density at radius 3 is 1.76 bits per heavy atom. The molecular formula is C27H25IO. The standard InChI is InChI=1S/C27H25IO/c1-21(27(19-11-12-20-29-27)24-17-9-4-10-18-24)26(28)25(22-13-5-2-6-14-22)23-15-7-3-8-16-23/h2-10,13-18H,1,11-12,19-20H2. The van der Waals surface area contributed by atoms with Gasteiger partial charge < -0.3 is 4.74 Å². The van der Waals surface area contributed by atoms with Crippen molar-refractivity contribution in [3.8, 4) is 0 Å². The van der Waals surface area contributed by atoms with E-state index in [0.29, 0.717) is 0 Å². The zero-order valence-corrected chi connectivity index (χ0v) is 18.6. The Hall–Kier alpha value is -2.17. The first-order valence-corrected chi connectivity index (χ1v) is 11.2. The van der Waals surface area contributed by atoms with Crippen molar-refractivity contribution < 1.29 is 4.74 Å². The van der Waals surface area contributed by atoms with Crippen LogP contribution in [0, 0.1) is 0 Å². The van der Waals surface area contributed by atoms with Gasteiger partial charge in [0, 0.05) is 15.8 Å². The minimum Gasteiger partial charge on any atom is -0.366 e. The quantitative estimate of drug-likeness (QED) is 0.264. The first-order chi connectivity index (χ1) is 14.2. The van der Waals surface area contributed by atoms with Crippen LogP contribution in [0.2, 0.25) is 0 Å².